The van der Waals surface area contributed by atoms with Crippen LogP contribution in [0.2, 0.25) is 0 Å². The first-order valence-corrected chi connectivity index (χ1v) is 7.23. The van der Waals surface area contributed by atoms with Gasteiger partial charge in [-0.3, -0.25) is 0 Å². The zero-order valence-electron chi connectivity index (χ0n) is 11.5. The molecule has 3 atom stereocenters. The predicted molar refractivity (Wildman–Crippen MR) is 73.9 cm³/mol. The maximum absolute atomic E-state index is 13.0. The molecule has 1 aromatic rings. The first-order valence-electron chi connectivity index (χ1n) is 7.23. The summed E-state index contributed by atoms with van der Waals surface area (Å²) in [6.45, 7) is 5.39. The van der Waals surface area contributed by atoms with E-state index in [1.165, 1.54) is 31.2 Å². The lowest BCUT2D eigenvalue weighted by molar-refractivity contribution is 0.359. The van der Waals surface area contributed by atoms with E-state index in [0.717, 1.165) is 12.5 Å². The van der Waals surface area contributed by atoms with Gasteiger partial charge in [0, 0.05) is 6.04 Å². The van der Waals surface area contributed by atoms with E-state index < -0.39 is 0 Å². The van der Waals surface area contributed by atoms with Crippen molar-refractivity contribution in [3.63, 3.8) is 0 Å². The molecular weight excluding hydrogens is 225 g/mol. The molecule has 18 heavy (non-hydrogen) atoms. The Labute approximate surface area is 110 Å². The third kappa shape index (κ3) is 3.11. The molecule has 0 bridgehead atoms. The molecule has 0 radical (unpaired) electrons. The van der Waals surface area contributed by atoms with Crippen molar-refractivity contribution >= 4 is 0 Å². The minimum absolute atomic E-state index is 0.146. The summed E-state index contributed by atoms with van der Waals surface area (Å²) in [5.74, 6) is 1.45. The van der Waals surface area contributed by atoms with E-state index >= 15 is 0 Å². The Kier molecular flexibility index (Phi) is 4.76. The zero-order valence-corrected chi connectivity index (χ0v) is 11.5. The van der Waals surface area contributed by atoms with Crippen LogP contribution in [0.25, 0.3) is 0 Å². The number of hydrogen-bond acceptors (Lipinski definition) is 1. The first-order chi connectivity index (χ1) is 8.74. The molecule has 3 unspecified atom stereocenters. The number of halogens is 1. The Morgan fingerprint density at radius 1 is 1.22 bits per heavy atom. The summed E-state index contributed by atoms with van der Waals surface area (Å²) in [6.07, 6.45) is 5.25. The molecule has 100 valence electrons. The van der Waals surface area contributed by atoms with Crippen LogP contribution in [-0.2, 0) is 0 Å². The Morgan fingerprint density at radius 2 is 1.94 bits per heavy atom. The highest BCUT2D eigenvalue weighted by atomic mass is 19.1. The summed E-state index contributed by atoms with van der Waals surface area (Å²) < 4.78 is 13.0. The number of benzene rings is 1. The first kappa shape index (κ1) is 13.5. The van der Waals surface area contributed by atoms with Gasteiger partial charge >= 0.3 is 0 Å². The van der Waals surface area contributed by atoms with Crippen molar-refractivity contribution in [2.24, 2.45) is 11.8 Å². The molecule has 0 amide bonds. The molecule has 2 heteroatoms. The number of hydrogen-bond donors (Lipinski definition) is 1. The highest BCUT2D eigenvalue weighted by Gasteiger charge is 2.30. The van der Waals surface area contributed by atoms with Gasteiger partial charge in [-0.25, -0.2) is 4.39 Å². The van der Waals surface area contributed by atoms with Crippen molar-refractivity contribution in [1.29, 1.82) is 0 Å². The van der Waals surface area contributed by atoms with Gasteiger partial charge in [0.15, 0.2) is 0 Å². The average Bonchev–Trinajstić information content (AvgIpc) is 2.86. The van der Waals surface area contributed by atoms with Crippen LogP contribution in [0, 0.1) is 17.7 Å². The van der Waals surface area contributed by atoms with Crippen LogP contribution in [0.4, 0.5) is 4.39 Å². The normalized spacial score (nSPS) is 25.3. The fraction of sp³-hybridized carbons (Fsp3) is 0.625. The summed E-state index contributed by atoms with van der Waals surface area (Å²) in [5.41, 5.74) is 1.24. The van der Waals surface area contributed by atoms with E-state index in [2.05, 4.69) is 19.2 Å². The fourth-order valence-electron chi connectivity index (χ4n) is 3.23. The quantitative estimate of drug-likeness (QED) is 0.820. The lowest BCUT2D eigenvalue weighted by Crippen LogP contribution is -2.27. The SMILES string of the molecule is CCNC(c1ccc(F)cc1)C1CCC(CC)C1. The molecule has 0 aliphatic heterocycles. The minimum atomic E-state index is -0.146. The van der Waals surface area contributed by atoms with Gasteiger partial charge in [-0.15, -0.1) is 0 Å². The van der Waals surface area contributed by atoms with Gasteiger partial charge in [0.2, 0.25) is 0 Å². The molecule has 0 spiro atoms. The van der Waals surface area contributed by atoms with Crippen molar-refractivity contribution in [3.8, 4) is 0 Å². The van der Waals surface area contributed by atoms with E-state index in [9.17, 15) is 4.39 Å². The van der Waals surface area contributed by atoms with Crippen molar-refractivity contribution < 1.29 is 4.39 Å². The van der Waals surface area contributed by atoms with Crippen molar-refractivity contribution in [1.82, 2.24) is 5.32 Å². The van der Waals surface area contributed by atoms with Crippen molar-refractivity contribution in [2.45, 2.75) is 45.6 Å². The Bertz CT molecular complexity index is 360. The Balaban J connectivity index is 2.10. The zero-order chi connectivity index (χ0) is 13.0. The second kappa shape index (κ2) is 6.33. The summed E-state index contributed by atoms with van der Waals surface area (Å²) in [7, 11) is 0. The van der Waals surface area contributed by atoms with Crippen LogP contribution >= 0.6 is 0 Å². The minimum Gasteiger partial charge on any atom is -0.310 e. The summed E-state index contributed by atoms with van der Waals surface area (Å²) >= 11 is 0. The molecule has 1 fully saturated rings. The maximum atomic E-state index is 13.0. The lowest BCUT2D eigenvalue weighted by atomic mass is 9.90. The molecule has 0 heterocycles. The topological polar surface area (TPSA) is 12.0 Å². The van der Waals surface area contributed by atoms with Crippen molar-refractivity contribution in [2.75, 3.05) is 6.54 Å². The largest absolute Gasteiger partial charge is 0.310 e. The summed E-state index contributed by atoms with van der Waals surface area (Å²) in [6, 6.07) is 7.41. The van der Waals surface area contributed by atoms with Crippen LogP contribution in [0.5, 0.6) is 0 Å². The lowest BCUT2D eigenvalue weighted by Gasteiger charge is -2.25. The number of nitrogens with one attached hydrogen (secondary N) is 1. The van der Waals surface area contributed by atoms with E-state index in [0.29, 0.717) is 12.0 Å². The fourth-order valence-corrected chi connectivity index (χ4v) is 3.23. The van der Waals surface area contributed by atoms with Crippen molar-refractivity contribution in [3.05, 3.63) is 35.6 Å². The summed E-state index contributed by atoms with van der Waals surface area (Å²) in [5, 5.41) is 3.58. The molecule has 1 N–H and O–H groups in total. The second-order valence-electron chi connectivity index (χ2n) is 5.43. The highest BCUT2D eigenvalue weighted by molar-refractivity contribution is 5.21. The average molecular weight is 249 g/mol. The second-order valence-corrected chi connectivity index (χ2v) is 5.43. The molecule has 1 nitrogen and oxygen atoms in total. The van der Waals surface area contributed by atoms with Crippen LogP contribution in [0.15, 0.2) is 24.3 Å². The third-order valence-corrected chi connectivity index (χ3v) is 4.28. The molecule has 2 rings (SSSR count). The molecule has 1 aromatic carbocycles. The molecule has 0 saturated heterocycles. The molecule has 0 aromatic heterocycles. The van der Waals surface area contributed by atoms with Gasteiger partial charge < -0.3 is 5.32 Å². The maximum Gasteiger partial charge on any atom is 0.123 e. The monoisotopic (exact) mass is 249 g/mol. The van der Waals surface area contributed by atoms with Crippen LogP contribution in [0.1, 0.15) is 51.1 Å². The van der Waals surface area contributed by atoms with E-state index in [1.807, 2.05) is 12.1 Å². The van der Waals surface area contributed by atoms with Gasteiger partial charge in [0.05, 0.1) is 0 Å². The van der Waals surface area contributed by atoms with Gasteiger partial charge in [0.25, 0.3) is 0 Å². The van der Waals surface area contributed by atoms with Gasteiger partial charge in [-0.1, -0.05) is 38.8 Å². The van der Waals surface area contributed by atoms with Crippen LogP contribution < -0.4 is 5.32 Å². The standard InChI is InChI=1S/C16H24FN/c1-3-12-5-6-14(11-12)16(18-4-2)13-7-9-15(17)10-8-13/h7-10,12,14,16,18H,3-6,11H2,1-2H3. The summed E-state index contributed by atoms with van der Waals surface area (Å²) in [4.78, 5) is 0. The van der Waals surface area contributed by atoms with Gasteiger partial charge in [0.1, 0.15) is 5.82 Å². The molecule has 1 aliphatic rings. The Morgan fingerprint density at radius 3 is 2.50 bits per heavy atom. The van der Waals surface area contributed by atoms with E-state index in [1.54, 1.807) is 12.1 Å². The Hall–Kier alpha value is -0.890. The number of rotatable bonds is 5. The van der Waals surface area contributed by atoms with Crippen LogP contribution in [-0.4, -0.2) is 6.54 Å². The molecular formula is C16H24FN. The highest BCUT2D eigenvalue weighted by Crippen LogP contribution is 2.40. The van der Waals surface area contributed by atoms with E-state index in [4.69, 9.17) is 0 Å². The third-order valence-electron chi connectivity index (χ3n) is 4.28. The van der Waals surface area contributed by atoms with E-state index in [-0.39, 0.29) is 5.82 Å². The van der Waals surface area contributed by atoms with Crippen LogP contribution in [0.3, 0.4) is 0 Å². The van der Waals surface area contributed by atoms with Gasteiger partial charge in [-0.2, -0.15) is 0 Å². The predicted octanol–water partition coefficient (Wildman–Crippen LogP) is 4.30. The molecule has 1 saturated carbocycles. The molecule has 1 aliphatic carbocycles. The smallest absolute Gasteiger partial charge is 0.123 e. The van der Waals surface area contributed by atoms with Gasteiger partial charge in [-0.05, 0) is 48.9 Å².